The van der Waals surface area contributed by atoms with Crippen LogP contribution in [0.2, 0.25) is 0 Å². The molecule has 1 aromatic carbocycles. The molecule has 2 spiro atoms. The zero-order chi connectivity index (χ0) is 22.9. The molecule has 176 valence electrons. The Balaban J connectivity index is 1.63. The van der Waals surface area contributed by atoms with Gasteiger partial charge >= 0.3 is 0 Å². The average Bonchev–Trinajstić information content (AvgIpc) is 3.07. The monoisotopic (exact) mass is 435 g/mol. The highest BCUT2D eigenvalue weighted by Gasteiger charge is 2.79. The minimum atomic E-state index is 0.116. The van der Waals surface area contributed by atoms with Crippen LogP contribution in [-0.2, 0) is 17.3 Å². The molecule has 6 unspecified atom stereocenters. The zero-order valence-corrected chi connectivity index (χ0v) is 21.9. The van der Waals surface area contributed by atoms with Crippen molar-refractivity contribution in [3.05, 3.63) is 28.8 Å². The van der Waals surface area contributed by atoms with Crippen molar-refractivity contribution in [1.82, 2.24) is 4.90 Å². The van der Waals surface area contributed by atoms with Crippen LogP contribution < -0.4 is 4.74 Å². The summed E-state index contributed by atoms with van der Waals surface area (Å²) in [5.74, 6) is 2.05. The number of ether oxygens (including phenoxy) is 1. The first-order valence-electron chi connectivity index (χ1n) is 13.5. The van der Waals surface area contributed by atoms with Crippen LogP contribution >= 0.6 is 0 Å². The maximum absolute atomic E-state index is 7.39. The van der Waals surface area contributed by atoms with E-state index in [2.05, 4.69) is 72.5 Å². The third-order valence-corrected chi connectivity index (χ3v) is 11.4. The number of benzene rings is 1. The first-order valence-corrected chi connectivity index (χ1v) is 13.5. The Bertz CT molecular complexity index is 972. The van der Waals surface area contributed by atoms with E-state index in [-0.39, 0.29) is 16.2 Å². The molecule has 0 amide bonds. The Morgan fingerprint density at radius 3 is 2.53 bits per heavy atom. The molecule has 3 saturated carbocycles. The molecule has 6 aliphatic rings. The van der Waals surface area contributed by atoms with E-state index in [4.69, 9.17) is 4.74 Å². The lowest BCUT2D eigenvalue weighted by Gasteiger charge is -2.75. The average molecular weight is 436 g/mol. The van der Waals surface area contributed by atoms with Crippen molar-refractivity contribution in [2.24, 2.45) is 22.2 Å². The van der Waals surface area contributed by atoms with Gasteiger partial charge in [0.2, 0.25) is 0 Å². The van der Waals surface area contributed by atoms with Crippen LogP contribution in [0.3, 0.4) is 0 Å². The molecular formula is C30H45NO. The van der Waals surface area contributed by atoms with Gasteiger partial charge in [0, 0.05) is 22.4 Å². The lowest BCUT2D eigenvalue weighted by atomic mass is 9.31. The predicted molar refractivity (Wildman–Crippen MR) is 133 cm³/mol. The van der Waals surface area contributed by atoms with E-state index in [0.29, 0.717) is 23.0 Å². The summed E-state index contributed by atoms with van der Waals surface area (Å²) in [5, 5.41) is 0. The van der Waals surface area contributed by atoms with E-state index in [1.54, 1.807) is 11.1 Å². The Morgan fingerprint density at radius 2 is 1.84 bits per heavy atom. The van der Waals surface area contributed by atoms with Crippen molar-refractivity contribution in [3.8, 4) is 5.75 Å². The van der Waals surface area contributed by atoms with E-state index in [0.717, 1.165) is 5.92 Å². The second kappa shape index (κ2) is 6.15. The molecule has 2 nitrogen and oxygen atoms in total. The molecule has 4 fully saturated rings. The number of nitrogens with zero attached hydrogens (tertiary/aromatic N) is 1. The van der Waals surface area contributed by atoms with Crippen molar-refractivity contribution in [2.45, 2.75) is 116 Å². The van der Waals surface area contributed by atoms with Crippen molar-refractivity contribution in [3.63, 3.8) is 0 Å². The quantitative estimate of drug-likeness (QED) is 0.513. The second-order valence-corrected chi connectivity index (χ2v) is 14.3. The summed E-state index contributed by atoms with van der Waals surface area (Å²) in [6, 6.07) is 5.58. The lowest BCUT2D eigenvalue weighted by molar-refractivity contribution is -0.249. The summed E-state index contributed by atoms with van der Waals surface area (Å²) >= 11 is 0. The number of likely N-dealkylation sites (tertiary alicyclic amines) is 1. The van der Waals surface area contributed by atoms with Crippen LogP contribution in [0.4, 0.5) is 0 Å². The van der Waals surface area contributed by atoms with Crippen LogP contribution in [-0.4, -0.2) is 30.6 Å². The van der Waals surface area contributed by atoms with Crippen LogP contribution in [0.25, 0.3) is 0 Å². The van der Waals surface area contributed by atoms with Crippen molar-refractivity contribution in [2.75, 3.05) is 13.6 Å². The van der Waals surface area contributed by atoms with Gasteiger partial charge in [-0.2, -0.15) is 0 Å². The Hall–Kier alpha value is -1.02. The Morgan fingerprint density at radius 1 is 1.09 bits per heavy atom. The van der Waals surface area contributed by atoms with Gasteiger partial charge in [-0.15, -0.1) is 0 Å². The van der Waals surface area contributed by atoms with Gasteiger partial charge < -0.3 is 9.64 Å². The van der Waals surface area contributed by atoms with E-state index >= 15 is 0 Å². The SMILES string of the molecule is CCCC(C)(C)C1CC23CCC1(C)C1Oc4c(C(C)(C)C)ccc5c4C12CCN(C)C3C5. The molecular weight excluding hydrogens is 390 g/mol. The van der Waals surface area contributed by atoms with Gasteiger partial charge in [0.25, 0.3) is 0 Å². The van der Waals surface area contributed by atoms with Crippen molar-refractivity contribution in [1.29, 1.82) is 0 Å². The summed E-state index contributed by atoms with van der Waals surface area (Å²) in [5.41, 5.74) is 6.10. The molecule has 32 heavy (non-hydrogen) atoms. The third kappa shape index (κ3) is 2.22. The van der Waals surface area contributed by atoms with Crippen LogP contribution in [0.15, 0.2) is 12.1 Å². The summed E-state index contributed by atoms with van der Waals surface area (Å²) in [6.45, 7) is 18.5. The first kappa shape index (κ1) is 21.5. The topological polar surface area (TPSA) is 12.5 Å². The van der Waals surface area contributed by atoms with E-state index in [1.165, 1.54) is 62.8 Å². The van der Waals surface area contributed by atoms with Crippen molar-refractivity contribution < 1.29 is 4.74 Å². The zero-order valence-electron chi connectivity index (χ0n) is 21.9. The standard InChI is InChI=1S/C30H45NO/c1-9-12-27(5,6)21-18-29-14-13-28(21,7)25-30(29)15-16-31(8)22(29)17-19-10-11-20(26(2,3)4)24(32-25)23(19)30/h10-11,21-22,25H,9,12-18H2,1-8H3. The normalized spacial score (nSPS) is 42.1. The molecule has 0 radical (unpaired) electrons. The lowest BCUT2D eigenvalue weighted by Crippen LogP contribution is -2.78. The number of likely N-dealkylation sites (N-methyl/N-ethyl adjacent to an activating group) is 1. The van der Waals surface area contributed by atoms with Gasteiger partial charge in [0.15, 0.2) is 0 Å². The number of hydrogen-bond acceptors (Lipinski definition) is 2. The molecule has 7 rings (SSSR count). The number of piperidine rings is 1. The van der Waals surface area contributed by atoms with Crippen LogP contribution in [0.1, 0.15) is 104 Å². The number of rotatable bonds is 3. The number of fused-ring (bicyclic) bond motifs is 2. The summed E-state index contributed by atoms with van der Waals surface area (Å²) in [6.07, 6.45) is 9.62. The van der Waals surface area contributed by atoms with Crippen LogP contribution in [0, 0.1) is 22.2 Å². The maximum Gasteiger partial charge on any atom is 0.127 e. The molecule has 6 atom stereocenters. The fraction of sp³-hybridized carbons (Fsp3) is 0.800. The first-order chi connectivity index (χ1) is 14.9. The van der Waals surface area contributed by atoms with E-state index in [9.17, 15) is 0 Å². The van der Waals surface area contributed by atoms with Gasteiger partial charge in [0.1, 0.15) is 11.9 Å². The van der Waals surface area contributed by atoms with Gasteiger partial charge in [-0.3, -0.25) is 0 Å². The summed E-state index contributed by atoms with van der Waals surface area (Å²) in [7, 11) is 2.42. The van der Waals surface area contributed by atoms with Crippen LogP contribution in [0.5, 0.6) is 5.75 Å². The number of hydrogen-bond donors (Lipinski definition) is 0. The third-order valence-electron chi connectivity index (χ3n) is 11.4. The minimum absolute atomic E-state index is 0.116. The fourth-order valence-corrected chi connectivity index (χ4v) is 10.2. The molecule has 4 bridgehead atoms. The maximum atomic E-state index is 7.39. The highest BCUT2D eigenvalue weighted by Crippen LogP contribution is 2.79. The Labute approximate surface area is 196 Å². The van der Waals surface area contributed by atoms with E-state index < -0.39 is 0 Å². The Kier molecular flexibility index (Phi) is 4.13. The minimum Gasteiger partial charge on any atom is -0.488 e. The highest BCUT2D eigenvalue weighted by atomic mass is 16.5. The summed E-state index contributed by atoms with van der Waals surface area (Å²) < 4.78 is 7.39. The molecule has 0 aromatic heterocycles. The largest absolute Gasteiger partial charge is 0.488 e. The molecule has 4 aliphatic carbocycles. The van der Waals surface area contributed by atoms with Gasteiger partial charge in [-0.25, -0.2) is 0 Å². The smallest absolute Gasteiger partial charge is 0.127 e. The molecule has 2 heteroatoms. The molecule has 2 aliphatic heterocycles. The second-order valence-electron chi connectivity index (χ2n) is 14.3. The summed E-state index contributed by atoms with van der Waals surface area (Å²) in [4.78, 5) is 2.75. The van der Waals surface area contributed by atoms with Gasteiger partial charge in [-0.05, 0) is 85.4 Å². The molecule has 1 saturated heterocycles. The predicted octanol–water partition coefficient (Wildman–Crippen LogP) is 6.88. The molecule has 0 N–H and O–H groups in total. The molecule has 2 heterocycles. The van der Waals surface area contributed by atoms with Crippen molar-refractivity contribution >= 4 is 0 Å². The molecule has 1 aromatic rings. The highest BCUT2D eigenvalue weighted by molar-refractivity contribution is 5.62. The fourth-order valence-electron chi connectivity index (χ4n) is 10.2. The van der Waals surface area contributed by atoms with Gasteiger partial charge in [0.05, 0.1) is 0 Å². The van der Waals surface area contributed by atoms with Gasteiger partial charge in [-0.1, -0.05) is 67.0 Å². The van der Waals surface area contributed by atoms with E-state index in [1.807, 2.05) is 0 Å².